The molecule has 34 heavy (non-hydrogen) atoms. The number of nitrogens with zero attached hydrogens (tertiary/aromatic N) is 2. The number of hydrogen-bond donors (Lipinski definition) is 1. The summed E-state index contributed by atoms with van der Waals surface area (Å²) in [5, 5.41) is 3.66. The fourth-order valence-electron chi connectivity index (χ4n) is 4.19. The lowest BCUT2D eigenvalue weighted by atomic mass is 9.99. The van der Waals surface area contributed by atoms with Crippen molar-refractivity contribution in [2.45, 2.75) is 13.1 Å². The zero-order valence-electron chi connectivity index (χ0n) is 19.5. The highest BCUT2D eigenvalue weighted by molar-refractivity contribution is 6.30. The van der Waals surface area contributed by atoms with E-state index in [1.165, 1.54) is 16.7 Å². The Kier molecular flexibility index (Phi) is 9.11. The molecule has 4 rings (SSSR count). The Bertz CT molecular complexity index is 1040. The summed E-state index contributed by atoms with van der Waals surface area (Å²) in [5.41, 5.74) is 4.79. The Morgan fingerprint density at radius 1 is 0.882 bits per heavy atom. The topological polar surface area (TPSA) is 44.8 Å². The molecule has 1 saturated heterocycles. The van der Waals surface area contributed by atoms with Gasteiger partial charge in [0.2, 0.25) is 5.91 Å². The predicted molar refractivity (Wildman–Crippen MR) is 138 cm³/mol. The van der Waals surface area contributed by atoms with Crippen LogP contribution >= 0.6 is 11.6 Å². The van der Waals surface area contributed by atoms with Gasteiger partial charge in [-0.05, 0) is 34.4 Å². The molecule has 1 fully saturated rings. The van der Waals surface area contributed by atoms with Crippen LogP contribution < -0.4 is 5.32 Å². The third-order valence-corrected chi connectivity index (χ3v) is 6.37. The molecule has 0 bridgehead atoms. The van der Waals surface area contributed by atoms with Crippen molar-refractivity contribution >= 4 is 17.5 Å². The zero-order valence-corrected chi connectivity index (χ0v) is 20.2. The highest BCUT2D eigenvalue weighted by atomic mass is 35.5. The lowest BCUT2D eigenvalue weighted by molar-refractivity contribution is -0.126. The average molecular weight is 478 g/mol. The minimum Gasteiger partial charge on any atom is -0.370 e. The van der Waals surface area contributed by atoms with Crippen LogP contribution in [0.3, 0.4) is 0 Å². The maximum absolute atomic E-state index is 12.0. The number of benzene rings is 3. The fourth-order valence-corrected chi connectivity index (χ4v) is 4.36. The van der Waals surface area contributed by atoms with Gasteiger partial charge in [0.25, 0.3) is 0 Å². The second kappa shape index (κ2) is 12.7. The summed E-state index contributed by atoms with van der Waals surface area (Å²) in [7, 11) is 0. The summed E-state index contributed by atoms with van der Waals surface area (Å²) in [6, 6.07) is 26.5. The predicted octanol–water partition coefficient (Wildman–Crippen LogP) is 4.46. The number of carbonyl (C=O) groups is 1. The number of piperazine rings is 1. The number of ether oxygens (including phenoxy) is 1. The van der Waals surface area contributed by atoms with E-state index in [-0.39, 0.29) is 12.5 Å². The number of hydrogen-bond acceptors (Lipinski definition) is 4. The molecule has 1 aliphatic rings. The molecule has 3 aromatic rings. The van der Waals surface area contributed by atoms with Gasteiger partial charge in [0.05, 0.1) is 6.61 Å². The first-order chi connectivity index (χ1) is 16.7. The van der Waals surface area contributed by atoms with E-state index in [0.717, 1.165) is 49.9 Å². The molecule has 0 spiro atoms. The van der Waals surface area contributed by atoms with Gasteiger partial charge in [-0.15, -0.1) is 0 Å². The largest absolute Gasteiger partial charge is 0.370 e. The average Bonchev–Trinajstić information content (AvgIpc) is 2.88. The summed E-state index contributed by atoms with van der Waals surface area (Å²) in [5.74, 6) is -0.0779. The second-order valence-corrected chi connectivity index (χ2v) is 9.04. The van der Waals surface area contributed by atoms with Crippen molar-refractivity contribution in [2.24, 2.45) is 0 Å². The molecule has 0 saturated carbocycles. The molecule has 0 unspecified atom stereocenters. The van der Waals surface area contributed by atoms with Gasteiger partial charge in [0.15, 0.2) is 0 Å². The van der Waals surface area contributed by atoms with E-state index < -0.39 is 0 Å². The van der Waals surface area contributed by atoms with Crippen LogP contribution in [0, 0.1) is 0 Å². The van der Waals surface area contributed by atoms with Crippen LogP contribution in [0.1, 0.15) is 11.1 Å². The Labute approximate surface area is 207 Å². The molecule has 0 aromatic heterocycles. The van der Waals surface area contributed by atoms with Crippen molar-refractivity contribution in [1.29, 1.82) is 0 Å². The number of carbonyl (C=O) groups excluding carboxylic acids is 1. The molecule has 1 heterocycles. The summed E-state index contributed by atoms with van der Waals surface area (Å²) in [6.07, 6.45) is 0. The molecule has 0 aliphatic carbocycles. The van der Waals surface area contributed by atoms with Gasteiger partial charge in [-0.1, -0.05) is 78.3 Å². The maximum atomic E-state index is 12.0. The molecule has 1 aliphatic heterocycles. The van der Waals surface area contributed by atoms with Crippen LogP contribution in [0.15, 0.2) is 78.9 Å². The fraction of sp³-hybridized carbons (Fsp3) is 0.321. The van der Waals surface area contributed by atoms with Gasteiger partial charge in [0, 0.05) is 50.8 Å². The summed E-state index contributed by atoms with van der Waals surface area (Å²) in [4.78, 5) is 16.9. The normalized spacial score (nSPS) is 14.7. The Hall–Kier alpha value is -2.70. The van der Waals surface area contributed by atoms with E-state index in [4.69, 9.17) is 16.3 Å². The highest BCUT2D eigenvalue weighted by Gasteiger charge is 2.18. The van der Waals surface area contributed by atoms with Crippen molar-refractivity contribution < 1.29 is 9.53 Å². The molecular formula is C28H32ClN3O2. The third kappa shape index (κ3) is 7.40. The van der Waals surface area contributed by atoms with Crippen LogP contribution in [-0.2, 0) is 22.6 Å². The van der Waals surface area contributed by atoms with Crippen LogP contribution in [0.5, 0.6) is 0 Å². The number of halogens is 1. The van der Waals surface area contributed by atoms with Gasteiger partial charge in [0.1, 0.15) is 6.61 Å². The van der Waals surface area contributed by atoms with E-state index >= 15 is 0 Å². The lowest BCUT2D eigenvalue weighted by Gasteiger charge is -2.35. The van der Waals surface area contributed by atoms with Crippen LogP contribution in [0.2, 0.25) is 5.02 Å². The molecule has 178 valence electrons. The molecule has 0 atom stereocenters. The first kappa shape index (κ1) is 24.4. The maximum Gasteiger partial charge on any atom is 0.246 e. The number of amides is 1. The highest BCUT2D eigenvalue weighted by Crippen LogP contribution is 2.28. The van der Waals surface area contributed by atoms with Gasteiger partial charge in [-0.2, -0.15) is 0 Å². The van der Waals surface area contributed by atoms with Gasteiger partial charge >= 0.3 is 0 Å². The molecule has 0 radical (unpaired) electrons. The van der Waals surface area contributed by atoms with E-state index in [1.54, 1.807) is 0 Å². The first-order valence-corrected chi connectivity index (χ1v) is 12.2. The standard InChI is InChI=1S/C28H32ClN3O2/c29-26-12-11-25(27(19-26)24-9-5-2-6-10-24)21-32-15-13-31(14-16-32)17-18-34-22-28(33)30-20-23-7-3-1-4-8-23/h1-12,19H,13-18,20-22H2,(H,30,33). The molecule has 5 nitrogen and oxygen atoms in total. The smallest absolute Gasteiger partial charge is 0.246 e. The quantitative estimate of drug-likeness (QED) is 0.438. The van der Waals surface area contributed by atoms with Crippen LogP contribution in [-0.4, -0.2) is 61.6 Å². The van der Waals surface area contributed by atoms with Crippen molar-refractivity contribution in [3.8, 4) is 11.1 Å². The zero-order chi connectivity index (χ0) is 23.6. The Morgan fingerprint density at radius 3 is 2.29 bits per heavy atom. The summed E-state index contributed by atoms with van der Waals surface area (Å²) < 4.78 is 5.61. The Balaban J connectivity index is 1.16. The third-order valence-electron chi connectivity index (χ3n) is 6.13. The summed E-state index contributed by atoms with van der Waals surface area (Å²) in [6.45, 7) is 6.96. The van der Waals surface area contributed by atoms with E-state index in [0.29, 0.717) is 13.2 Å². The SMILES string of the molecule is O=C(COCCN1CCN(Cc2ccc(Cl)cc2-c2ccccc2)CC1)NCc1ccccc1. The minimum atomic E-state index is -0.0779. The molecular weight excluding hydrogens is 446 g/mol. The van der Waals surface area contributed by atoms with Gasteiger partial charge < -0.3 is 10.1 Å². The lowest BCUT2D eigenvalue weighted by Crippen LogP contribution is -2.47. The van der Waals surface area contributed by atoms with Crippen molar-refractivity contribution in [1.82, 2.24) is 15.1 Å². The van der Waals surface area contributed by atoms with E-state index in [2.05, 4.69) is 51.5 Å². The van der Waals surface area contributed by atoms with Crippen molar-refractivity contribution in [3.63, 3.8) is 0 Å². The van der Waals surface area contributed by atoms with E-state index in [9.17, 15) is 4.79 Å². The molecule has 1 N–H and O–H groups in total. The number of nitrogens with one attached hydrogen (secondary N) is 1. The van der Waals surface area contributed by atoms with E-state index in [1.807, 2.05) is 42.5 Å². The van der Waals surface area contributed by atoms with Crippen LogP contribution in [0.25, 0.3) is 11.1 Å². The van der Waals surface area contributed by atoms with Crippen molar-refractivity contribution in [3.05, 3.63) is 95.0 Å². The van der Waals surface area contributed by atoms with Crippen LogP contribution in [0.4, 0.5) is 0 Å². The summed E-state index contributed by atoms with van der Waals surface area (Å²) >= 11 is 6.30. The minimum absolute atomic E-state index is 0.0779. The van der Waals surface area contributed by atoms with Gasteiger partial charge in [-0.25, -0.2) is 0 Å². The molecule has 3 aromatic carbocycles. The monoisotopic (exact) mass is 477 g/mol. The van der Waals surface area contributed by atoms with Gasteiger partial charge in [-0.3, -0.25) is 14.6 Å². The molecule has 6 heteroatoms. The van der Waals surface area contributed by atoms with Crippen molar-refractivity contribution in [2.75, 3.05) is 45.9 Å². The molecule has 1 amide bonds. The number of rotatable bonds is 10. The Morgan fingerprint density at radius 2 is 1.56 bits per heavy atom. The second-order valence-electron chi connectivity index (χ2n) is 8.60. The first-order valence-electron chi connectivity index (χ1n) is 11.8.